The Labute approximate surface area is 96.9 Å². The third-order valence-electron chi connectivity index (χ3n) is 3.43. The van der Waals surface area contributed by atoms with Gasteiger partial charge in [-0.1, -0.05) is 0 Å². The third kappa shape index (κ3) is 3.03. The lowest BCUT2D eigenvalue weighted by Gasteiger charge is -2.17. The van der Waals surface area contributed by atoms with Gasteiger partial charge in [0.15, 0.2) is 0 Å². The Balaban J connectivity index is 1.78. The Kier molecular flexibility index (Phi) is 3.91. The highest BCUT2D eigenvalue weighted by Crippen LogP contribution is 2.25. The molecule has 3 heteroatoms. The van der Waals surface area contributed by atoms with E-state index in [1.165, 1.54) is 5.56 Å². The molecule has 0 radical (unpaired) electrons. The summed E-state index contributed by atoms with van der Waals surface area (Å²) in [6.45, 7) is 3.17. The molecule has 16 heavy (non-hydrogen) atoms. The lowest BCUT2D eigenvalue weighted by Crippen LogP contribution is -2.25. The van der Waals surface area contributed by atoms with Gasteiger partial charge in [0, 0.05) is 18.4 Å². The Hall–Kier alpha value is -0.930. The summed E-state index contributed by atoms with van der Waals surface area (Å²) in [5.41, 5.74) is 1.27. The minimum absolute atomic E-state index is 0.0666. The highest BCUT2D eigenvalue weighted by molar-refractivity contribution is 5.13. The average molecular weight is 220 g/mol. The van der Waals surface area contributed by atoms with Crippen LogP contribution in [0.5, 0.6) is 0 Å². The zero-order chi connectivity index (χ0) is 11.4. The van der Waals surface area contributed by atoms with Crippen LogP contribution < -0.4 is 5.32 Å². The average Bonchev–Trinajstić information content (AvgIpc) is 2.73. The SMILES string of the molecule is CC(NCC1CCC(O)C1)c1ccncc1. The fraction of sp³-hybridized carbons (Fsp3) is 0.615. The summed E-state index contributed by atoms with van der Waals surface area (Å²) in [4.78, 5) is 4.01. The van der Waals surface area contributed by atoms with Gasteiger partial charge < -0.3 is 10.4 Å². The van der Waals surface area contributed by atoms with Crippen LogP contribution in [-0.2, 0) is 0 Å². The molecule has 0 aliphatic heterocycles. The minimum atomic E-state index is -0.0666. The molecular weight excluding hydrogens is 200 g/mol. The second-order valence-electron chi connectivity index (χ2n) is 4.74. The standard InChI is InChI=1S/C13H20N2O/c1-10(12-4-6-14-7-5-12)15-9-11-2-3-13(16)8-11/h4-7,10-11,13,15-16H,2-3,8-9H2,1H3. The number of hydrogen-bond donors (Lipinski definition) is 2. The fourth-order valence-corrected chi connectivity index (χ4v) is 2.35. The first kappa shape index (κ1) is 11.6. The van der Waals surface area contributed by atoms with E-state index < -0.39 is 0 Å². The van der Waals surface area contributed by atoms with Crippen LogP contribution in [-0.4, -0.2) is 22.7 Å². The molecule has 1 aromatic heterocycles. The summed E-state index contributed by atoms with van der Waals surface area (Å²) in [5.74, 6) is 0.638. The molecule has 88 valence electrons. The number of nitrogens with zero attached hydrogens (tertiary/aromatic N) is 1. The molecule has 1 aliphatic rings. The van der Waals surface area contributed by atoms with Crippen molar-refractivity contribution in [2.45, 2.75) is 38.3 Å². The Morgan fingerprint density at radius 2 is 2.19 bits per heavy atom. The van der Waals surface area contributed by atoms with Gasteiger partial charge in [0.25, 0.3) is 0 Å². The van der Waals surface area contributed by atoms with E-state index in [0.29, 0.717) is 12.0 Å². The molecule has 3 nitrogen and oxygen atoms in total. The predicted octanol–water partition coefficient (Wildman–Crippen LogP) is 1.89. The summed E-state index contributed by atoms with van der Waals surface area (Å²) in [6, 6.07) is 4.45. The van der Waals surface area contributed by atoms with Crippen LogP contribution in [0, 0.1) is 5.92 Å². The first-order valence-electron chi connectivity index (χ1n) is 6.07. The van der Waals surface area contributed by atoms with Crippen LogP contribution in [0.15, 0.2) is 24.5 Å². The highest BCUT2D eigenvalue weighted by Gasteiger charge is 2.22. The Morgan fingerprint density at radius 3 is 2.81 bits per heavy atom. The number of nitrogens with one attached hydrogen (secondary N) is 1. The van der Waals surface area contributed by atoms with E-state index in [9.17, 15) is 5.11 Å². The molecule has 1 heterocycles. The summed E-state index contributed by atoms with van der Waals surface area (Å²) in [5, 5.41) is 13.0. The number of aromatic nitrogens is 1. The van der Waals surface area contributed by atoms with E-state index in [4.69, 9.17) is 0 Å². The maximum Gasteiger partial charge on any atom is 0.0543 e. The summed E-state index contributed by atoms with van der Waals surface area (Å²) >= 11 is 0. The predicted molar refractivity (Wildman–Crippen MR) is 64.0 cm³/mol. The van der Waals surface area contributed by atoms with E-state index in [0.717, 1.165) is 25.8 Å². The normalized spacial score (nSPS) is 26.9. The molecule has 1 fully saturated rings. The quantitative estimate of drug-likeness (QED) is 0.814. The molecule has 3 atom stereocenters. The number of aliphatic hydroxyl groups excluding tert-OH is 1. The van der Waals surface area contributed by atoms with Gasteiger partial charge in [-0.3, -0.25) is 4.98 Å². The fourth-order valence-electron chi connectivity index (χ4n) is 2.35. The van der Waals surface area contributed by atoms with Crippen LogP contribution in [0.25, 0.3) is 0 Å². The monoisotopic (exact) mass is 220 g/mol. The molecular formula is C13H20N2O. The van der Waals surface area contributed by atoms with Crippen LogP contribution in [0.3, 0.4) is 0 Å². The zero-order valence-corrected chi connectivity index (χ0v) is 9.76. The van der Waals surface area contributed by atoms with Crippen molar-refractivity contribution < 1.29 is 5.11 Å². The van der Waals surface area contributed by atoms with E-state index in [-0.39, 0.29) is 6.10 Å². The molecule has 1 aliphatic carbocycles. The Morgan fingerprint density at radius 1 is 1.44 bits per heavy atom. The number of hydrogen-bond acceptors (Lipinski definition) is 3. The second-order valence-corrected chi connectivity index (χ2v) is 4.74. The van der Waals surface area contributed by atoms with Crippen LogP contribution in [0.4, 0.5) is 0 Å². The van der Waals surface area contributed by atoms with Gasteiger partial charge in [0.1, 0.15) is 0 Å². The highest BCUT2D eigenvalue weighted by atomic mass is 16.3. The molecule has 2 rings (SSSR count). The molecule has 0 bridgehead atoms. The first-order valence-corrected chi connectivity index (χ1v) is 6.07. The lowest BCUT2D eigenvalue weighted by molar-refractivity contribution is 0.177. The molecule has 0 spiro atoms. The molecule has 3 unspecified atom stereocenters. The summed E-state index contributed by atoms with van der Waals surface area (Å²) < 4.78 is 0. The van der Waals surface area contributed by atoms with Crippen molar-refractivity contribution in [1.29, 1.82) is 0 Å². The van der Waals surface area contributed by atoms with E-state index >= 15 is 0 Å². The van der Waals surface area contributed by atoms with Crippen molar-refractivity contribution in [2.75, 3.05) is 6.54 Å². The van der Waals surface area contributed by atoms with Gasteiger partial charge in [-0.25, -0.2) is 0 Å². The van der Waals surface area contributed by atoms with Gasteiger partial charge >= 0.3 is 0 Å². The van der Waals surface area contributed by atoms with Gasteiger partial charge in [-0.05, 0) is 56.3 Å². The van der Waals surface area contributed by atoms with Gasteiger partial charge in [0.05, 0.1) is 6.10 Å². The Bertz CT molecular complexity index is 315. The smallest absolute Gasteiger partial charge is 0.0543 e. The van der Waals surface area contributed by atoms with E-state index in [1.807, 2.05) is 24.5 Å². The van der Waals surface area contributed by atoms with E-state index in [1.54, 1.807) is 0 Å². The maximum absolute atomic E-state index is 9.45. The van der Waals surface area contributed by atoms with Crippen molar-refractivity contribution in [3.63, 3.8) is 0 Å². The first-order chi connectivity index (χ1) is 7.75. The second kappa shape index (κ2) is 5.41. The largest absolute Gasteiger partial charge is 0.393 e. The van der Waals surface area contributed by atoms with Crippen molar-refractivity contribution in [1.82, 2.24) is 10.3 Å². The van der Waals surface area contributed by atoms with Crippen molar-refractivity contribution in [2.24, 2.45) is 5.92 Å². The molecule has 0 saturated heterocycles. The molecule has 1 saturated carbocycles. The van der Waals surface area contributed by atoms with Crippen LogP contribution >= 0.6 is 0 Å². The topological polar surface area (TPSA) is 45.1 Å². The number of pyridine rings is 1. The maximum atomic E-state index is 9.45. The minimum Gasteiger partial charge on any atom is -0.393 e. The molecule has 1 aromatic rings. The van der Waals surface area contributed by atoms with Crippen LogP contribution in [0.1, 0.15) is 37.8 Å². The van der Waals surface area contributed by atoms with Crippen molar-refractivity contribution >= 4 is 0 Å². The lowest BCUT2D eigenvalue weighted by atomic mass is 10.1. The molecule has 0 amide bonds. The number of rotatable bonds is 4. The van der Waals surface area contributed by atoms with Crippen molar-refractivity contribution in [3.8, 4) is 0 Å². The van der Waals surface area contributed by atoms with Gasteiger partial charge in [-0.15, -0.1) is 0 Å². The van der Waals surface area contributed by atoms with Gasteiger partial charge in [-0.2, -0.15) is 0 Å². The summed E-state index contributed by atoms with van der Waals surface area (Å²) in [7, 11) is 0. The third-order valence-corrected chi connectivity index (χ3v) is 3.43. The van der Waals surface area contributed by atoms with Crippen molar-refractivity contribution in [3.05, 3.63) is 30.1 Å². The van der Waals surface area contributed by atoms with Gasteiger partial charge in [0.2, 0.25) is 0 Å². The zero-order valence-electron chi connectivity index (χ0n) is 9.76. The number of aliphatic hydroxyl groups is 1. The molecule has 0 aromatic carbocycles. The van der Waals surface area contributed by atoms with E-state index in [2.05, 4.69) is 17.2 Å². The molecule has 2 N–H and O–H groups in total. The van der Waals surface area contributed by atoms with Crippen LogP contribution in [0.2, 0.25) is 0 Å². The summed E-state index contributed by atoms with van der Waals surface area (Å²) in [6.07, 6.45) is 6.66.